The van der Waals surface area contributed by atoms with Gasteiger partial charge in [-0.15, -0.1) is 0 Å². The van der Waals surface area contributed by atoms with Crippen molar-refractivity contribution in [1.29, 1.82) is 0 Å². The first-order valence-electron chi connectivity index (χ1n) is 21.0. The number of halogens is 6. The van der Waals surface area contributed by atoms with Crippen molar-refractivity contribution >= 4 is 44.1 Å². The first kappa shape index (κ1) is 55.1. The van der Waals surface area contributed by atoms with E-state index in [1.807, 2.05) is 24.3 Å². The molecular weight excluding hydrogens is 953 g/mol. The lowest BCUT2D eigenvalue weighted by Gasteiger charge is -2.39. The van der Waals surface area contributed by atoms with E-state index >= 15 is 0 Å². The van der Waals surface area contributed by atoms with E-state index in [1.165, 1.54) is 4.90 Å². The van der Waals surface area contributed by atoms with Crippen LogP contribution in [0, 0.1) is 0 Å². The molecule has 0 bridgehead atoms. The minimum atomic E-state index is -4.63. The topological polar surface area (TPSA) is 200 Å². The number of aliphatic carboxylic acids is 1. The molecule has 0 saturated carbocycles. The van der Waals surface area contributed by atoms with Gasteiger partial charge >= 0.3 is 30.5 Å². The van der Waals surface area contributed by atoms with Crippen LogP contribution in [0.15, 0.2) is 82.6 Å². The van der Waals surface area contributed by atoms with Crippen LogP contribution in [0.1, 0.15) is 83.6 Å². The Hall–Kier alpha value is -5.46. The summed E-state index contributed by atoms with van der Waals surface area (Å²) in [6, 6.07) is 10.5. The molecule has 5 rings (SSSR count). The molecule has 2 aliphatic rings. The summed E-state index contributed by atoms with van der Waals surface area (Å²) in [6.45, 7) is 12.7. The smallest absolute Gasteiger partial charge is 0.416 e. The van der Waals surface area contributed by atoms with Crippen molar-refractivity contribution in [3.05, 3.63) is 95.1 Å². The summed E-state index contributed by atoms with van der Waals surface area (Å²) in [5.41, 5.74) is -1.72. The zero-order chi connectivity index (χ0) is 51.4. The molecule has 3 aromatic carbocycles. The number of amides is 3. The third kappa shape index (κ3) is 14.5. The summed E-state index contributed by atoms with van der Waals surface area (Å²) >= 11 is 0. The molecular formula is C44H55F6N5O11S2. The minimum absolute atomic E-state index is 0.0603. The normalized spacial score (nSPS) is 18.0. The highest BCUT2D eigenvalue weighted by Crippen LogP contribution is 2.33. The fourth-order valence-electron chi connectivity index (χ4n) is 6.74. The molecule has 0 aromatic heterocycles. The zero-order valence-corrected chi connectivity index (χ0v) is 40.1. The quantitative estimate of drug-likeness (QED) is 0.206. The molecule has 24 heteroatoms. The number of carboxylic acid groups (broad SMARTS) is 1. The maximum atomic E-state index is 13.5. The molecule has 0 spiro atoms. The largest absolute Gasteiger partial charge is 0.480 e. The SMILES string of the molecule is CC(C)(C)OC(=O)N1CCN(S(=O)(=O)c2ccc(C(F)(F)F)cc2)[C@@H](C(=O)O)C1.CC(C)c1ccc(CNC(=O)[C@H]2CN(C(=O)OC(C)(C)C)CCN2S(=O)(=O)c2ccc(C(F)(F)F)cc2)cc1. The van der Waals surface area contributed by atoms with Gasteiger partial charge in [-0.25, -0.2) is 26.4 Å². The number of sulfonamides is 2. The average Bonchev–Trinajstić information content (AvgIpc) is 3.23. The Morgan fingerprint density at radius 3 is 1.32 bits per heavy atom. The van der Waals surface area contributed by atoms with Crippen molar-refractivity contribution in [2.24, 2.45) is 0 Å². The van der Waals surface area contributed by atoms with E-state index in [0.717, 1.165) is 44.6 Å². The molecule has 3 amide bonds. The summed E-state index contributed by atoms with van der Waals surface area (Å²) in [5, 5.41) is 12.2. The summed E-state index contributed by atoms with van der Waals surface area (Å²) < 4.78 is 142. The lowest BCUT2D eigenvalue weighted by Crippen LogP contribution is -2.61. The van der Waals surface area contributed by atoms with Gasteiger partial charge in [0.2, 0.25) is 26.0 Å². The van der Waals surface area contributed by atoms with Crippen LogP contribution in [0.4, 0.5) is 35.9 Å². The van der Waals surface area contributed by atoms with Crippen LogP contribution in [0.3, 0.4) is 0 Å². The number of carboxylic acids is 1. The van der Waals surface area contributed by atoms with E-state index in [0.29, 0.717) is 34.5 Å². The first-order valence-corrected chi connectivity index (χ1v) is 23.9. The van der Waals surface area contributed by atoms with Crippen LogP contribution in [-0.2, 0) is 58.0 Å². The first-order chi connectivity index (χ1) is 31.1. The Morgan fingerprint density at radius 2 is 0.985 bits per heavy atom. The third-order valence-electron chi connectivity index (χ3n) is 10.2. The Kier molecular flexibility index (Phi) is 17.1. The molecule has 0 aliphatic carbocycles. The lowest BCUT2D eigenvalue weighted by atomic mass is 10.0. The number of rotatable bonds is 9. The van der Waals surface area contributed by atoms with Crippen LogP contribution < -0.4 is 5.32 Å². The van der Waals surface area contributed by atoms with Gasteiger partial charge in [0, 0.05) is 39.3 Å². The van der Waals surface area contributed by atoms with Gasteiger partial charge in [0.1, 0.15) is 23.3 Å². The van der Waals surface area contributed by atoms with Gasteiger partial charge in [0.25, 0.3) is 0 Å². The van der Waals surface area contributed by atoms with E-state index in [2.05, 4.69) is 19.2 Å². The number of carbonyl (C=O) groups is 4. The molecule has 2 saturated heterocycles. The van der Waals surface area contributed by atoms with Crippen molar-refractivity contribution in [2.75, 3.05) is 39.3 Å². The summed E-state index contributed by atoms with van der Waals surface area (Å²) in [4.78, 5) is 51.3. The highest BCUT2D eigenvalue weighted by molar-refractivity contribution is 7.89. The summed E-state index contributed by atoms with van der Waals surface area (Å²) in [6.07, 6.45) is -10.7. The van der Waals surface area contributed by atoms with Crippen LogP contribution >= 0.6 is 0 Å². The van der Waals surface area contributed by atoms with Crippen molar-refractivity contribution < 1.29 is 76.9 Å². The van der Waals surface area contributed by atoms with E-state index < -0.39 is 102 Å². The van der Waals surface area contributed by atoms with Gasteiger partial charge in [0.05, 0.1) is 27.5 Å². The van der Waals surface area contributed by atoms with Crippen LogP contribution in [-0.4, -0.2) is 127 Å². The zero-order valence-electron chi connectivity index (χ0n) is 38.5. The van der Waals surface area contributed by atoms with Crippen molar-refractivity contribution in [3.8, 4) is 0 Å². The molecule has 2 aliphatic heterocycles. The van der Waals surface area contributed by atoms with Gasteiger partial charge in [-0.05, 0) is 107 Å². The number of nitrogens with one attached hydrogen (secondary N) is 1. The molecule has 0 radical (unpaired) electrons. The highest BCUT2D eigenvalue weighted by Gasteiger charge is 2.44. The molecule has 3 aromatic rings. The molecule has 2 fully saturated rings. The monoisotopic (exact) mass is 1010 g/mol. The minimum Gasteiger partial charge on any atom is -0.480 e. The lowest BCUT2D eigenvalue weighted by molar-refractivity contribution is -0.143. The van der Waals surface area contributed by atoms with E-state index in [4.69, 9.17) is 9.47 Å². The summed E-state index contributed by atoms with van der Waals surface area (Å²) in [7, 11) is -8.77. The average molecular weight is 1010 g/mol. The Labute approximate surface area is 391 Å². The number of hydrogen-bond acceptors (Lipinski definition) is 10. The van der Waals surface area contributed by atoms with Gasteiger partial charge in [-0.1, -0.05) is 38.1 Å². The van der Waals surface area contributed by atoms with Crippen molar-refractivity contribution in [3.63, 3.8) is 0 Å². The Balaban J connectivity index is 0.000000310. The molecule has 16 nitrogen and oxygen atoms in total. The number of ether oxygens (including phenoxy) is 2. The number of alkyl halides is 6. The second-order valence-corrected chi connectivity index (χ2v) is 21.9. The fraction of sp³-hybridized carbons (Fsp3) is 0.500. The predicted molar refractivity (Wildman–Crippen MR) is 234 cm³/mol. The Bertz CT molecular complexity index is 2490. The summed E-state index contributed by atoms with van der Waals surface area (Å²) in [5.74, 6) is -1.81. The van der Waals surface area contributed by atoms with Crippen LogP contribution in [0.5, 0.6) is 0 Å². The van der Waals surface area contributed by atoms with Gasteiger partial charge in [-0.3, -0.25) is 9.59 Å². The van der Waals surface area contributed by atoms with E-state index in [-0.39, 0.29) is 44.2 Å². The van der Waals surface area contributed by atoms with Gasteiger partial charge < -0.3 is 29.7 Å². The molecule has 0 unspecified atom stereocenters. The van der Waals surface area contributed by atoms with Gasteiger partial charge in [0.15, 0.2) is 0 Å². The number of piperazine rings is 2. The third-order valence-corrected chi connectivity index (χ3v) is 14.1. The maximum Gasteiger partial charge on any atom is 0.416 e. The van der Waals surface area contributed by atoms with E-state index in [9.17, 15) is 67.5 Å². The number of nitrogens with zero attached hydrogens (tertiary/aromatic N) is 4. The standard InChI is InChI=1S/C27H34F3N3O5S.C17H21F3N2O6S/c1-18(2)20-8-6-19(7-9-20)16-31-24(34)23-17-32(25(35)38-26(3,4)5)14-15-33(23)39(36,37)22-12-10-21(11-13-22)27(28,29)30;1-16(2,3)28-15(25)21-8-9-22(13(10-21)14(23)24)29(26,27)12-6-4-11(5-7-12)17(18,19)20/h6-13,18,23H,14-17H2,1-5H3,(H,31,34);4-7,13H,8-10H2,1-3H3,(H,23,24)/t23-;13-/m11/s1. The van der Waals surface area contributed by atoms with Crippen molar-refractivity contribution in [2.45, 2.75) is 113 Å². The maximum absolute atomic E-state index is 13.5. The van der Waals surface area contributed by atoms with Crippen LogP contribution in [0.25, 0.3) is 0 Å². The van der Waals surface area contributed by atoms with Gasteiger partial charge in [-0.2, -0.15) is 35.0 Å². The molecule has 2 N–H and O–H groups in total. The molecule has 376 valence electrons. The highest BCUT2D eigenvalue weighted by atomic mass is 32.2. The number of carbonyl (C=O) groups excluding carboxylic acids is 3. The number of benzene rings is 3. The Morgan fingerprint density at radius 1 is 0.618 bits per heavy atom. The fourth-order valence-corrected chi connectivity index (χ4v) is 9.87. The molecule has 2 heterocycles. The second-order valence-electron chi connectivity index (χ2n) is 18.1. The molecule has 2 atom stereocenters. The van der Waals surface area contributed by atoms with Crippen LogP contribution in [0.2, 0.25) is 0 Å². The molecule has 68 heavy (non-hydrogen) atoms. The predicted octanol–water partition coefficient (Wildman–Crippen LogP) is 7.16. The van der Waals surface area contributed by atoms with E-state index in [1.54, 1.807) is 41.5 Å². The van der Waals surface area contributed by atoms with Crippen molar-refractivity contribution in [1.82, 2.24) is 23.7 Å². The number of hydrogen-bond donors (Lipinski definition) is 2. The second kappa shape index (κ2) is 21.0.